The number of para-hydroxylation sites is 1. The maximum absolute atomic E-state index is 6.60. The van der Waals surface area contributed by atoms with Crippen LogP contribution in [0.2, 0.25) is 0 Å². The Hall–Kier alpha value is -7.55. The van der Waals surface area contributed by atoms with Crippen molar-refractivity contribution in [2.75, 3.05) is 0 Å². The van der Waals surface area contributed by atoms with Crippen molar-refractivity contribution in [3.05, 3.63) is 164 Å². The van der Waals surface area contributed by atoms with E-state index in [0.29, 0.717) is 34.5 Å². The zero-order valence-corrected chi connectivity index (χ0v) is 30.9. The smallest absolute Gasteiger partial charge is 0.180 e. The van der Waals surface area contributed by atoms with Crippen LogP contribution in [0.4, 0.5) is 0 Å². The Balaban J connectivity index is 1.02. The maximum Gasteiger partial charge on any atom is 0.180 e. The summed E-state index contributed by atoms with van der Waals surface area (Å²) in [6.45, 7) is 0. The second-order valence-corrected chi connectivity index (χ2v) is 15.1. The molecule has 0 aliphatic rings. The van der Waals surface area contributed by atoms with E-state index in [1.807, 2.05) is 103 Å². The van der Waals surface area contributed by atoms with Crippen molar-refractivity contribution in [2.24, 2.45) is 0 Å². The third-order valence-electron chi connectivity index (χ3n) is 10.6. The van der Waals surface area contributed by atoms with Crippen LogP contribution in [0.3, 0.4) is 0 Å². The average Bonchev–Trinajstić information content (AvgIpc) is 3.97. The average molecular weight is 750 g/mol. The molecule has 0 aliphatic carbocycles. The molecule has 5 heterocycles. The molecule has 0 bridgehead atoms. The van der Waals surface area contributed by atoms with Gasteiger partial charge >= 0.3 is 0 Å². The fourth-order valence-electron chi connectivity index (χ4n) is 7.87. The molecule has 0 aliphatic heterocycles. The number of benzene rings is 7. The van der Waals surface area contributed by atoms with E-state index >= 15 is 0 Å². The fourth-order valence-corrected chi connectivity index (χ4v) is 9.02. The Morgan fingerprint density at radius 2 is 1.00 bits per heavy atom. The van der Waals surface area contributed by atoms with E-state index in [0.717, 1.165) is 66.4 Å². The Morgan fingerprint density at radius 3 is 1.81 bits per heavy atom. The van der Waals surface area contributed by atoms with Crippen molar-refractivity contribution >= 4 is 75.5 Å². The molecule has 0 saturated heterocycles. The van der Waals surface area contributed by atoms with Gasteiger partial charge in [0.05, 0.1) is 0 Å². The molecule has 5 aromatic heterocycles. The van der Waals surface area contributed by atoms with Crippen molar-refractivity contribution in [3.8, 4) is 56.8 Å². The highest BCUT2D eigenvalue weighted by molar-refractivity contribution is 7.25. The minimum atomic E-state index is 0.561. The van der Waals surface area contributed by atoms with Crippen molar-refractivity contribution in [1.82, 2.24) is 24.9 Å². The predicted octanol–water partition coefficient (Wildman–Crippen LogP) is 13.2. The Labute approximate surface area is 328 Å². The van der Waals surface area contributed by atoms with Crippen LogP contribution in [0, 0.1) is 0 Å². The Bertz CT molecular complexity index is 3540. The quantitative estimate of drug-likeness (QED) is 0.173. The molecule has 0 spiro atoms. The largest absolute Gasteiger partial charge is 0.456 e. The van der Waals surface area contributed by atoms with Crippen LogP contribution in [0.15, 0.2) is 173 Å². The summed E-state index contributed by atoms with van der Waals surface area (Å²) < 4.78 is 15.4. The van der Waals surface area contributed by atoms with Gasteiger partial charge in [-0.25, -0.2) is 24.9 Å². The first kappa shape index (κ1) is 31.8. The molecule has 12 aromatic rings. The minimum Gasteiger partial charge on any atom is -0.456 e. The number of nitrogens with zero attached hydrogens (tertiary/aromatic N) is 5. The highest BCUT2D eigenvalue weighted by atomic mass is 32.1. The lowest BCUT2D eigenvalue weighted by atomic mass is 10.0. The first-order valence-corrected chi connectivity index (χ1v) is 19.5. The lowest BCUT2D eigenvalue weighted by Crippen LogP contribution is -2.00. The van der Waals surface area contributed by atoms with E-state index in [1.165, 1.54) is 20.2 Å². The van der Waals surface area contributed by atoms with Crippen LogP contribution >= 0.6 is 11.3 Å². The van der Waals surface area contributed by atoms with Crippen LogP contribution in [0.1, 0.15) is 0 Å². The molecule has 0 saturated carbocycles. The molecule has 7 nitrogen and oxygen atoms in total. The lowest BCUT2D eigenvalue weighted by molar-refractivity contribution is 0.667. The number of hydrogen-bond acceptors (Lipinski definition) is 8. The first-order chi connectivity index (χ1) is 28.2. The highest BCUT2D eigenvalue weighted by Gasteiger charge is 2.22. The zero-order valence-electron chi connectivity index (χ0n) is 30.0. The standard InChI is InChI=1S/C49H27N5O2S/c1-3-12-28(13-4-1)43-45-44(35-17-7-9-19-37(35)56-45)51-49(50-43)36-18-11-20-38-42(36)34-25-23-30(26-39(34)55-38)47-52-46(29-14-5-2-6-15-29)53-48(54-47)31-22-24-33-32-16-8-10-21-40(32)57-41(33)27-31/h1-27H. The van der Waals surface area contributed by atoms with Gasteiger partial charge in [0.1, 0.15) is 28.0 Å². The molecule has 7 aromatic carbocycles. The number of rotatable bonds is 5. The van der Waals surface area contributed by atoms with Crippen molar-refractivity contribution in [2.45, 2.75) is 0 Å². The normalized spacial score (nSPS) is 11.9. The molecule has 266 valence electrons. The second-order valence-electron chi connectivity index (χ2n) is 14.0. The number of aromatic nitrogens is 5. The lowest BCUT2D eigenvalue weighted by Gasteiger charge is -2.09. The summed E-state index contributed by atoms with van der Waals surface area (Å²) in [5.41, 5.74) is 8.88. The van der Waals surface area contributed by atoms with E-state index in [4.69, 9.17) is 33.8 Å². The maximum atomic E-state index is 6.60. The molecule has 0 N–H and O–H groups in total. The molecular formula is C49H27N5O2S. The molecular weight excluding hydrogens is 723 g/mol. The van der Waals surface area contributed by atoms with Gasteiger partial charge in [-0.05, 0) is 42.5 Å². The van der Waals surface area contributed by atoms with Gasteiger partial charge < -0.3 is 8.83 Å². The molecule has 0 amide bonds. The summed E-state index contributed by atoms with van der Waals surface area (Å²) in [6, 6.07) is 55.3. The SMILES string of the molecule is c1ccc(-c2nc(-c3ccc4c(c3)oc3cccc(-c5nc(-c6ccccc6)c6oc7ccccc7c6n5)c34)nc(-c3ccc4c(c3)sc3ccccc34)n2)cc1. The van der Waals surface area contributed by atoms with E-state index in [-0.39, 0.29) is 0 Å². The third-order valence-corrected chi connectivity index (χ3v) is 11.7. The number of furan rings is 2. The van der Waals surface area contributed by atoms with Crippen molar-refractivity contribution < 1.29 is 8.83 Å². The Kier molecular flexibility index (Phi) is 6.96. The summed E-state index contributed by atoms with van der Waals surface area (Å²) in [7, 11) is 0. The summed E-state index contributed by atoms with van der Waals surface area (Å²) >= 11 is 1.78. The van der Waals surface area contributed by atoms with Gasteiger partial charge in [0.2, 0.25) is 0 Å². The summed E-state index contributed by atoms with van der Waals surface area (Å²) in [5, 5.41) is 5.30. The molecule has 0 radical (unpaired) electrons. The van der Waals surface area contributed by atoms with Crippen LogP contribution in [-0.2, 0) is 0 Å². The molecule has 0 atom stereocenters. The molecule has 0 fully saturated rings. The topological polar surface area (TPSA) is 90.7 Å². The zero-order chi connectivity index (χ0) is 37.5. The van der Waals surface area contributed by atoms with Crippen LogP contribution < -0.4 is 0 Å². The first-order valence-electron chi connectivity index (χ1n) is 18.7. The highest BCUT2D eigenvalue weighted by Crippen LogP contribution is 2.41. The summed E-state index contributed by atoms with van der Waals surface area (Å²) in [4.78, 5) is 25.4. The van der Waals surface area contributed by atoms with E-state index in [2.05, 4.69) is 60.7 Å². The van der Waals surface area contributed by atoms with Crippen LogP contribution in [-0.4, -0.2) is 24.9 Å². The number of hydrogen-bond donors (Lipinski definition) is 0. The van der Waals surface area contributed by atoms with Gasteiger partial charge in [-0.3, -0.25) is 0 Å². The molecule has 0 unspecified atom stereocenters. The number of thiophene rings is 1. The van der Waals surface area contributed by atoms with E-state index in [9.17, 15) is 0 Å². The summed E-state index contributed by atoms with van der Waals surface area (Å²) in [5.74, 6) is 2.37. The van der Waals surface area contributed by atoms with Gasteiger partial charge in [0, 0.05) is 64.1 Å². The van der Waals surface area contributed by atoms with Gasteiger partial charge in [0.25, 0.3) is 0 Å². The third kappa shape index (κ3) is 5.15. The van der Waals surface area contributed by atoms with Crippen LogP contribution in [0.25, 0.3) is 121 Å². The minimum absolute atomic E-state index is 0.561. The van der Waals surface area contributed by atoms with Gasteiger partial charge in [-0.15, -0.1) is 11.3 Å². The predicted molar refractivity (Wildman–Crippen MR) is 230 cm³/mol. The fraction of sp³-hybridized carbons (Fsp3) is 0. The molecule has 57 heavy (non-hydrogen) atoms. The van der Waals surface area contributed by atoms with Crippen LogP contribution in [0.5, 0.6) is 0 Å². The van der Waals surface area contributed by atoms with Crippen molar-refractivity contribution in [1.29, 1.82) is 0 Å². The monoisotopic (exact) mass is 749 g/mol. The van der Waals surface area contributed by atoms with Crippen molar-refractivity contribution in [3.63, 3.8) is 0 Å². The molecule has 12 rings (SSSR count). The molecule has 8 heteroatoms. The van der Waals surface area contributed by atoms with Gasteiger partial charge in [0.15, 0.2) is 28.9 Å². The summed E-state index contributed by atoms with van der Waals surface area (Å²) in [6.07, 6.45) is 0. The van der Waals surface area contributed by atoms with Gasteiger partial charge in [-0.2, -0.15) is 0 Å². The van der Waals surface area contributed by atoms with Gasteiger partial charge in [-0.1, -0.05) is 121 Å². The number of fused-ring (bicyclic) bond motifs is 9. The van der Waals surface area contributed by atoms with E-state index < -0.39 is 0 Å². The Morgan fingerprint density at radius 1 is 0.368 bits per heavy atom. The second kappa shape index (κ2) is 12.5. The van der Waals surface area contributed by atoms with E-state index in [1.54, 1.807) is 11.3 Å².